The maximum absolute atomic E-state index is 12.4. The first-order chi connectivity index (χ1) is 11.8. The molecule has 1 atom stereocenters. The molecule has 2 aromatic rings. The highest BCUT2D eigenvalue weighted by atomic mass is 32.1. The van der Waals surface area contributed by atoms with Crippen molar-refractivity contribution in [1.82, 2.24) is 0 Å². The standard InChI is InChI=1S/C19H22N2O3S/c1-19(2,3)18(23)21-14-8-11-12(16-6-5-7-25-16)9-17(22)20-13(11)10-15(14)24-4/h5-8,10,12H,9H2,1-4H3,(H,20,22)(H,21,23). The van der Waals surface area contributed by atoms with E-state index in [1.807, 2.05) is 44.4 Å². The Morgan fingerprint density at radius 3 is 2.72 bits per heavy atom. The summed E-state index contributed by atoms with van der Waals surface area (Å²) < 4.78 is 5.42. The van der Waals surface area contributed by atoms with Gasteiger partial charge in [0.25, 0.3) is 0 Å². The van der Waals surface area contributed by atoms with Crippen molar-refractivity contribution in [3.63, 3.8) is 0 Å². The van der Waals surface area contributed by atoms with E-state index < -0.39 is 5.41 Å². The van der Waals surface area contributed by atoms with Gasteiger partial charge in [0, 0.05) is 34.4 Å². The number of nitrogens with one attached hydrogen (secondary N) is 2. The molecule has 25 heavy (non-hydrogen) atoms. The van der Waals surface area contributed by atoms with Crippen molar-refractivity contribution in [3.8, 4) is 5.75 Å². The Morgan fingerprint density at radius 2 is 2.12 bits per heavy atom. The quantitative estimate of drug-likeness (QED) is 0.863. The molecular formula is C19H22N2O3S. The summed E-state index contributed by atoms with van der Waals surface area (Å²) in [6.45, 7) is 5.59. The van der Waals surface area contributed by atoms with Crippen LogP contribution >= 0.6 is 11.3 Å². The number of rotatable bonds is 3. The number of thiophene rings is 1. The summed E-state index contributed by atoms with van der Waals surface area (Å²) in [7, 11) is 1.55. The lowest BCUT2D eigenvalue weighted by Crippen LogP contribution is -2.28. The number of carbonyl (C=O) groups is 2. The molecule has 0 spiro atoms. The van der Waals surface area contributed by atoms with Crippen molar-refractivity contribution in [2.45, 2.75) is 33.1 Å². The van der Waals surface area contributed by atoms with Crippen LogP contribution in [-0.2, 0) is 9.59 Å². The molecule has 0 saturated heterocycles. The zero-order valence-electron chi connectivity index (χ0n) is 14.8. The Kier molecular flexibility index (Phi) is 4.56. The fourth-order valence-electron chi connectivity index (χ4n) is 2.81. The summed E-state index contributed by atoms with van der Waals surface area (Å²) in [5.74, 6) is 0.418. The van der Waals surface area contributed by atoms with Crippen LogP contribution in [0.4, 0.5) is 11.4 Å². The van der Waals surface area contributed by atoms with Crippen LogP contribution in [0.3, 0.4) is 0 Å². The third-order valence-corrected chi connectivity index (χ3v) is 5.21. The normalized spacial score (nSPS) is 16.8. The molecule has 5 nitrogen and oxygen atoms in total. The van der Waals surface area contributed by atoms with Crippen molar-refractivity contribution in [1.29, 1.82) is 0 Å². The second-order valence-electron chi connectivity index (χ2n) is 7.16. The highest BCUT2D eigenvalue weighted by molar-refractivity contribution is 7.10. The molecule has 0 radical (unpaired) electrons. The third kappa shape index (κ3) is 3.54. The van der Waals surface area contributed by atoms with Gasteiger partial charge in [0.2, 0.25) is 11.8 Å². The van der Waals surface area contributed by atoms with E-state index in [0.717, 1.165) is 16.1 Å². The first-order valence-corrected chi connectivity index (χ1v) is 9.04. The molecule has 1 aliphatic rings. The molecule has 2 heterocycles. The number of hydrogen-bond donors (Lipinski definition) is 2. The summed E-state index contributed by atoms with van der Waals surface area (Å²) in [5, 5.41) is 7.87. The Bertz CT molecular complexity index is 807. The van der Waals surface area contributed by atoms with Crippen LogP contribution in [0.25, 0.3) is 0 Å². The highest BCUT2D eigenvalue weighted by Gasteiger charge is 2.30. The first-order valence-electron chi connectivity index (χ1n) is 8.16. The zero-order chi connectivity index (χ0) is 18.2. The molecule has 0 saturated carbocycles. The average Bonchev–Trinajstić information content (AvgIpc) is 3.07. The monoisotopic (exact) mass is 358 g/mol. The van der Waals surface area contributed by atoms with E-state index in [1.54, 1.807) is 24.5 Å². The van der Waals surface area contributed by atoms with Gasteiger partial charge in [0.05, 0.1) is 12.8 Å². The van der Waals surface area contributed by atoms with E-state index in [9.17, 15) is 9.59 Å². The van der Waals surface area contributed by atoms with E-state index in [4.69, 9.17) is 4.74 Å². The van der Waals surface area contributed by atoms with E-state index >= 15 is 0 Å². The zero-order valence-corrected chi connectivity index (χ0v) is 15.6. The number of ether oxygens (including phenoxy) is 1. The van der Waals surface area contributed by atoms with Crippen molar-refractivity contribution >= 4 is 34.5 Å². The number of benzene rings is 1. The van der Waals surface area contributed by atoms with Gasteiger partial charge in [-0.3, -0.25) is 9.59 Å². The lowest BCUT2D eigenvalue weighted by molar-refractivity contribution is -0.123. The fraction of sp³-hybridized carbons (Fsp3) is 0.368. The molecule has 1 aromatic carbocycles. The molecule has 6 heteroatoms. The van der Waals surface area contributed by atoms with Gasteiger partial charge in [0.1, 0.15) is 5.75 Å². The second-order valence-corrected chi connectivity index (χ2v) is 8.14. The van der Waals surface area contributed by atoms with Crippen molar-refractivity contribution in [3.05, 3.63) is 40.1 Å². The number of fused-ring (bicyclic) bond motifs is 1. The summed E-state index contributed by atoms with van der Waals surface area (Å²) in [6.07, 6.45) is 0.395. The second kappa shape index (κ2) is 6.52. The van der Waals surface area contributed by atoms with Gasteiger partial charge in [-0.2, -0.15) is 0 Å². The number of anilines is 2. The van der Waals surface area contributed by atoms with Gasteiger partial charge in [0.15, 0.2) is 0 Å². The van der Waals surface area contributed by atoms with Crippen LogP contribution in [0.1, 0.15) is 43.6 Å². The van der Waals surface area contributed by atoms with Gasteiger partial charge in [-0.15, -0.1) is 11.3 Å². The van der Waals surface area contributed by atoms with E-state index in [-0.39, 0.29) is 17.7 Å². The molecule has 1 aromatic heterocycles. The molecule has 1 unspecified atom stereocenters. The maximum Gasteiger partial charge on any atom is 0.229 e. The number of methoxy groups -OCH3 is 1. The molecule has 0 bridgehead atoms. The molecule has 0 aliphatic carbocycles. The maximum atomic E-state index is 12.4. The van der Waals surface area contributed by atoms with Crippen LogP contribution in [0.15, 0.2) is 29.6 Å². The van der Waals surface area contributed by atoms with Crippen LogP contribution in [-0.4, -0.2) is 18.9 Å². The van der Waals surface area contributed by atoms with Crippen molar-refractivity contribution in [2.75, 3.05) is 17.7 Å². The SMILES string of the molecule is COc1cc2c(cc1NC(=O)C(C)(C)C)C(c1cccs1)CC(=O)N2. The number of carbonyl (C=O) groups excluding carboxylic acids is 2. The lowest BCUT2D eigenvalue weighted by Gasteiger charge is -2.27. The molecule has 2 N–H and O–H groups in total. The van der Waals surface area contributed by atoms with Gasteiger partial charge in [-0.25, -0.2) is 0 Å². The Morgan fingerprint density at radius 1 is 1.36 bits per heavy atom. The van der Waals surface area contributed by atoms with Gasteiger partial charge < -0.3 is 15.4 Å². The number of amides is 2. The van der Waals surface area contributed by atoms with E-state index in [1.165, 1.54) is 0 Å². The fourth-order valence-corrected chi connectivity index (χ4v) is 3.66. The van der Waals surface area contributed by atoms with Gasteiger partial charge in [-0.05, 0) is 23.1 Å². The molecule has 0 fully saturated rings. The minimum Gasteiger partial charge on any atom is -0.494 e. The third-order valence-electron chi connectivity index (χ3n) is 4.23. The molecule has 1 aliphatic heterocycles. The summed E-state index contributed by atoms with van der Waals surface area (Å²) in [4.78, 5) is 25.6. The van der Waals surface area contributed by atoms with Gasteiger partial charge >= 0.3 is 0 Å². The van der Waals surface area contributed by atoms with Crippen molar-refractivity contribution in [2.24, 2.45) is 5.41 Å². The summed E-state index contributed by atoms with van der Waals surface area (Å²) in [6, 6.07) is 7.72. The number of hydrogen-bond acceptors (Lipinski definition) is 4. The Balaban J connectivity index is 2.06. The Hall–Kier alpha value is -2.34. The minimum absolute atomic E-state index is 0.0139. The topological polar surface area (TPSA) is 67.4 Å². The highest BCUT2D eigenvalue weighted by Crippen LogP contribution is 2.43. The lowest BCUT2D eigenvalue weighted by atomic mass is 9.88. The van der Waals surface area contributed by atoms with E-state index in [0.29, 0.717) is 17.9 Å². The first kappa shape index (κ1) is 17.5. The molecule has 2 amide bonds. The molecule has 3 rings (SSSR count). The van der Waals surface area contributed by atoms with Crippen LogP contribution in [0, 0.1) is 5.41 Å². The average molecular weight is 358 g/mol. The Labute approximate surface area is 151 Å². The van der Waals surface area contributed by atoms with E-state index in [2.05, 4.69) is 10.6 Å². The predicted octanol–water partition coefficient (Wildman–Crippen LogP) is 4.22. The molecule has 132 valence electrons. The van der Waals surface area contributed by atoms with Crippen LogP contribution in [0.5, 0.6) is 5.75 Å². The van der Waals surface area contributed by atoms with Crippen LogP contribution < -0.4 is 15.4 Å². The largest absolute Gasteiger partial charge is 0.494 e. The summed E-state index contributed by atoms with van der Waals surface area (Å²) >= 11 is 1.63. The molecular weight excluding hydrogens is 336 g/mol. The summed E-state index contributed by atoms with van der Waals surface area (Å²) in [5.41, 5.74) is 1.84. The minimum atomic E-state index is -0.512. The van der Waals surface area contributed by atoms with Gasteiger partial charge in [-0.1, -0.05) is 26.8 Å². The predicted molar refractivity (Wildman–Crippen MR) is 100 cm³/mol. The smallest absolute Gasteiger partial charge is 0.229 e. The van der Waals surface area contributed by atoms with Crippen LogP contribution in [0.2, 0.25) is 0 Å². The van der Waals surface area contributed by atoms with Crippen molar-refractivity contribution < 1.29 is 14.3 Å².